The summed E-state index contributed by atoms with van der Waals surface area (Å²) in [6, 6.07) is 13.5. The van der Waals surface area contributed by atoms with Crippen molar-refractivity contribution in [3.8, 4) is 0 Å². The number of nitrogens with zero attached hydrogens (tertiary/aromatic N) is 1. The number of rotatable bonds is 7. The van der Waals surface area contributed by atoms with Crippen molar-refractivity contribution in [2.75, 3.05) is 14.1 Å². The van der Waals surface area contributed by atoms with Crippen molar-refractivity contribution in [1.82, 2.24) is 10.2 Å². The zero-order valence-electron chi connectivity index (χ0n) is 13.5. The lowest BCUT2D eigenvalue weighted by Gasteiger charge is -2.22. The van der Waals surface area contributed by atoms with E-state index in [0.717, 1.165) is 13.1 Å². The van der Waals surface area contributed by atoms with Gasteiger partial charge in [-0.1, -0.05) is 44.2 Å². The van der Waals surface area contributed by atoms with Crippen LogP contribution in [-0.4, -0.2) is 19.0 Å². The molecular formula is C18H26N2S. The first kappa shape index (κ1) is 16.2. The van der Waals surface area contributed by atoms with Crippen molar-refractivity contribution < 1.29 is 0 Å². The molecule has 3 heteroatoms. The molecule has 0 aliphatic rings. The van der Waals surface area contributed by atoms with Gasteiger partial charge in [0, 0.05) is 24.0 Å². The van der Waals surface area contributed by atoms with Gasteiger partial charge < -0.3 is 10.2 Å². The van der Waals surface area contributed by atoms with Gasteiger partial charge in [-0.15, -0.1) is 11.3 Å². The smallest absolute Gasteiger partial charge is 0.0440 e. The Morgan fingerprint density at radius 1 is 1.05 bits per heavy atom. The fourth-order valence-electron chi connectivity index (χ4n) is 2.58. The molecule has 21 heavy (non-hydrogen) atoms. The van der Waals surface area contributed by atoms with Crippen LogP contribution in [0, 0.1) is 5.92 Å². The van der Waals surface area contributed by atoms with E-state index in [1.165, 1.54) is 16.0 Å². The minimum atomic E-state index is 0.428. The quantitative estimate of drug-likeness (QED) is 0.820. The molecule has 0 aliphatic carbocycles. The molecule has 0 aliphatic heterocycles. The molecule has 0 spiro atoms. The summed E-state index contributed by atoms with van der Waals surface area (Å²) in [4.78, 5) is 3.65. The van der Waals surface area contributed by atoms with Gasteiger partial charge in [0.2, 0.25) is 0 Å². The molecule has 1 aromatic carbocycles. The van der Waals surface area contributed by atoms with Crippen LogP contribution < -0.4 is 5.32 Å². The van der Waals surface area contributed by atoms with Crippen LogP contribution in [0.15, 0.2) is 41.8 Å². The Hall–Kier alpha value is -1.16. The average Bonchev–Trinajstić information content (AvgIpc) is 2.93. The lowest BCUT2D eigenvalue weighted by molar-refractivity contribution is 0.394. The maximum atomic E-state index is 3.74. The molecule has 1 atom stereocenters. The maximum Gasteiger partial charge on any atom is 0.0440 e. The summed E-state index contributed by atoms with van der Waals surface area (Å²) in [7, 11) is 4.24. The largest absolute Gasteiger partial charge is 0.305 e. The molecule has 0 fully saturated rings. The van der Waals surface area contributed by atoms with Crippen LogP contribution in [0.25, 0.3) is 0 Å². The van der Waals surface area contributed by atoms with E-state index in [4.69, 9.17) is 0 Å². The third kappa shape index (κ3) is 4.67. The normalized spacial score (nSPS) is 13.0. The van der Waals surface area contributed by atoms with E-state index in [-0.39, 0.29) is 0 Å². The number of benzene rings is 1. The third-order valence-corrected chi connectivity index (χ3v) is 4.59. The first-order chi connectivity index (χ1) is 10.1. The van der Waals surface area contributed by atoms with Crippen LogP contribution in [0.1, 0.15) is 35.9 Å². The molecule has 2 aromatic rings. The standard InChI is InChI=1S/C18H26N2S/c1-14(2)18(17-10-7-11-21-17)19-12-15-8-5-6-9-16(15)13-20(3)4/h5-11,14,18-19H,12-13H2,1-4H3. The highest BCUT2D eigenvalue weighted by atomic mass is 32.1. The van der Waals surface area contributed by atoms with Crippen LogP contribution in [-0.2, 0) is 13.1 Å². The minimum Gasteiger partial charge on any atom is -0.305 e. The summed E-state index contributed by atoms with van der Waals surface area (Å²) < 4.78 is 0. The summed E-state index contributed by atoms with van der Waals surface area (Å²) in [5.74, 6) is 0.588. The zero-order valence-corrected chi connectivity index (χ0v) is 14.3. The SMILES string of the molecule is CC(C)C(NCc1ccccc1CN(C)C)c1cccs1. The molecule has 114 valence electrons. The molecule has 0 amide bonds. The van der Waals surface area contributed by atoms with Crippen LogP contribution in [0.4, 0.5) is 0 Å². The van der Waals surface area contributed by atoms with Gasteiger partial charge in [-0.3, -0.25) is 0 Å². The second kappa shape index (κ2) is 7.74. The first-order valence-electron chi connectivity index (χ1n) is 7.56. The highest BCUT2D eigenvalue weighted by Gasteiger charge is 2.16. The van der Waals surface area contributed by atoms with E-state index in [0.29, 0.717) is 12.0 Å². The van der Waals surface area contributed by atoms with E-state index in [9.17, 15) is 0 Å². The lowest BCUT2D eigenvalue weighted by Crippen LogP contribution is -2.25. The molecule has 2 nitrogen and oxygen atoms in total. The molecule has 1 aromatic heterocycles. The fourth-order valence-corrected chi connectivity index (χ4v) is 3.55. The Bertz CT molecular complexity index is 532. The van der Waals surface area contributed by atoms with Crippen molar-refractivity contribution in [1.29, 1.82) is 0 Å². The minimum absolute atomic E-state index is 0.428. The van der Waals surface area contributed by atoms with Gasteiger partial charge in [-0.2, -0.15) is 0 Å². The Morgan fingerprint density at radius 2 is 1.76 bits per heavy atom. The third-order valence-electron chi connectivity index (χ3n) is 3.63. The molecular weight excluding hydrogens is 276 g/mol. The summed E-state index contributed by atoms with van der Waals surface area (Å²) in [5.41, 5.74) is 2.80. The van der Waals surface area contributed by atoms with Gasteiger partial charge >= 0.3 is 0 Å². The van der Waals surface area contributed by atoms with Crippen LogP contribution in [0.5, 0.6) is 0 Å². The molecule has 2 rings (SSSR count). The van der Waals surface area contributed by atoms with E-state index < -0.39 is 0 Å². The monoisotopic (exact) mass is 302 g/mol. The maximum absolute atomic E-state index is 3.74. The van der Waals surface area contributed by atoms with Crippen molar-refractivity contribution in [3.63, 3.8) is 0 Å². The zero-order chi connectivity index (χ0) is 15.2. The highest BCUT2D eigenvalue weighted by molar-refractivity contribution is 7.10. The van der Waals surface area contributed by atoms with E-state index in [2.05, 4.69) is 79.9 Å². The van der Waals surface area contributed by atoms with Gasteiger partial charge in [0.1, 0.15) is 0 Å². The Kier molecular flexibility index (Phi) is 5.97. The summed E-state index contributed by atoms with van der Waals surface area (Å²) in [6.45, 7) is 6.47. The molecule has 1 unspecified atom stereocenters. The number of thiophene rings is 1. The molecule has 1 heterocycles. The fraction of sp³-hybridized carbons (Fsp3) is 0.444. The average molecular weight is 302 g/mol. The second-order valence-corrected chi connectivity index (χ2v) is 7.10. The van der Waals surface area contributed by atoms with Gasteiger partial charge in [0.25, 0.3) is 0 Å². The lowest BCUT2D eigenvalue weighted by atomic mass is 10.0. The van der Waals surface area contributed by atoms with E-state index >= 15 is 0 Å². The highest BCUT2D eigenvalue weighted by Crippen LogP contribution is 2.26. The van der Waals surface area contributed by atoms with Crippen LogP contribution in [0.2, 0.25) is 0 Å². The van der Waals surface area contributed by atoms with Gasteiger partial charge in [0.15, 0.2) is 0 Å². The summed E-state index contributed by atoms with van der Waals surface area (Å²) in [6.07, 6.45) is 0. The Labute approximate surface area is 132 Å². The van der Waals surface area contributed by atoms with Gasteiger partial charge in [0.05, 0.1) is 0 Å². The topological polar surface area (TPSA) is 15.3 Å². The van der Waals surface area contributed by atoms with Gasteiger partial charge in [-0.05, 0) is 42.6 Å². The van der Waals surface area contributed by atoms with Crippen molar-refractivity contribution in [3.05, 3.63) is 57.8 Å². The Balaban J connectivity index is 2.07. The number of nitrogens with one attached hydrogen (secondary N) is 1. The van der Waals surface area contributed by atoms with Crippen LogP contribution >= 0.6 is 11.3 Å². The molecule has 0 radical (unpaired) electrons. The van der Waals surface area contributed by atoms with Crippen molar-refractivity contribution >= 4 is 11.3 Å². The number of hydrogen-bond acceptors (Lipinski definition) is 3. The second-order valence-electron chi connectivity index (χ2n) is 6.12. The molecule has 0 saturated carbocycles. The first-order valence-corrected chi connectivity index (χ1v) is 8.44. The summed E-state index contributed by atoms with van der Waals surface area (Å²) >= 11 is 1.84. The summed E-state index contributed by atoms with van der Waals surface area (Å²) in [5, 5.41) is 5.90. The van der Waals surface area contributed by atoms with Crippen molar-refractivity contribution in [2.24, 2.45) is 5.92 Å². The van der Waals surface area contributed by atoms with Crippen molar-refractivity contribution in [2.45, 2.75) is 33.0 Å². The van der Waals surface area contributed by atoms with Gasteiger partial charge in [-0.25, -0.2) is 0 Å². The number of hydrogen-bond donors (Lipinski definition) is 1. The van der Waals surface area contributed by atoms with E-state index in [1.54, 1.807) is 0 Å². The Morgan fingerprint density at radius 3 is 2.33 bits per heavy atom. The molecule has 0 bridgehead atoms. The predicted octanol–water partition coefficient (Wildman–Crippen LogP) is 4.30. The molecule has 1 N–H and O–H groups in total. The van der Waals surface area contributed by atoms with Crippen LogP contribution in [0.3, 0.4) is 0 Å². The van der Waals surface area contributed by atoms with E-state index in [1.807, 2.05) is 11.3 Å². The molecule has 0 saturated heterocycles. The predicted molar refractivity (Wildman–Crippen MR) is 92.6 cm³/mol.